The molecule has 0 saturated carbocycles. The van der Waals surface area contributed by atoms with E-state index in [-0.39, 0.29) is 4.75 Å². The molecule has 0 aromatic rings. The van der Waals surface area contributed by atoms with E-state index in [0.29, 0.717) is 0 Å². The SMILES string of the molecule is C1=CC23SC=CC2=NC=CC2=C3C(=C1)N=C2. The lowest BCUT2D eigenvalue weighted by molar-refractivity contribution is 1.08. The first-order chi connectivity index (χ1) is 7.90. The highest BCUT2D eigenvalue weighted by molar-refractivity contribution is 8.05. The van der Waals surface area contributed by atoms with Crippen LogP contribution in [-0.4, -0.2) is 16.7 Å². The first kappa shape index (κ1) is 8.53. The summed E-state index contributed by atoms with van der Waals surface area (Å²) in [6.45, 7) is 0. The summed E-state index contributed by atoms with van der Waals surface area (Å²) >= 11 is 1.80. The smallest absolute Gasteiger partial charge is 0.108 e. The fourth-order valence-corrected chi connectivity index (χ4v) is 3.62. The molecule has 0 amide bonds. The van der Waals surface area contributed by atoms with Gasteiger partial charge in [0.05, 0.1) is 11.4 Å². The third-order valence-electron chi connectivity index (χ3n) is 3.17. The van der Waals surface area contributed by atoms with Crippen molar-refractivity contribution in [3.63, 3.8) is 0 Å². The van der Waals surface area contributed by atoms with Crippen molar-refractivity contribution in [2.24, 2.45) is 9.98 Å². The molecule has 16 heavy (non-hydrogen) atoms. The van der Waals surface area contributed by atoms with Gasteiger partial charge in [-0.25, -0.2) is 0 Å². The Balaban J connectivity index is 2.08. The van der Waals surface area contributed by atoms with Crippen LogP contribution >= 0.6 is 11.8 Å². The van der Waals surface area contributed by atoms with Gasteiger partial charge >= 0.3 is 0 Å². The van der Waals surface area contributed by atoms with Crippen LogP contribution in [0.5, 0.6) is 0 Å². The molecule has 0 aromatic heterocycles. The lowest BCUT2D eigenvalue weighted by atomic mass is 9.85. The summed E-state index contributed by atoms with van der Waals surface area (Å²) < 4.78 is -0.126. The molecule has 76 valence electrons. The minimum absolute atomic E-state index is 0.126. The second-order valence-corrected chi connectivity index (χ2v) is 5.14. The Morgan fingerprint density at radius 3 is 3.25 bits per heavy atom. The fraction of sp³-hybridized carbons (Fsp3) is 0.0769. The lowest BCUT2D eigenvalue weighted by Gasteiger charge is -2.29. The van der Waals surface area contributed by atoms with Crippen molar-refractivity contribution >= 4 is 23.7 Å². The summed E-state index contributed by atoms with van der Waals surface area (Å²) in [5, 5.41) is 2.12. The van der Waals surface area contributed by atoms with Crippen LogP contribution in [0.1, 0.15) is 0 Å². The number of rotatable bonds is 0. The average molecular weight is 224 g/mol. The molecule has 0 radical (unpaired) electrons. The molecular formula is C13H8N2S. The first-order valence-corrected chi connectivity index (χ1v) is 6.06. The molecule has 4 aliphatic rings. The number of nitrogens with zero attached hydrogens (tertiary/aromatic N) is 2. The predicted octanol–water partition coefficient (Wildman–Crippen LogP) is 2.79. The van der Waals surface area contributed by atoms with Crippen LogP contribution < -0.4 is 0 Å². The summed E-state index contributed by atoms with van der Waals surface area (Å²) in [5.41, 5.74) is 4.65. The van der Waals surface area contributed by atoms with Gasteiger partial charge < -0.3 is 0 Å². The molecule has 1 atom stereocenters. The summed E-state index contributed by atoms with van der Waals surface area (Å²) in [4.78, 5) is 8.99. The Morgan fingerprint density at radius 2 is 2.25 bits per heavy atom. The fourth-order valence-electron chi connectivity index (χ4n) is 2.47. The maximum absolute atomic E-state index is 4.53. The monoisotopic (exact) mass is 224 g/mol. The van der Waals surface area contributed by atoms with Gasteiger partial charge in [0.25, 0.3) is 0 Å². The quantitative estimate of drug-likeness (QED) is 0.621. The van der Waals surface area contributed by atoms with E-state index in [0.717, 1.165) is 11.4 Å². The van der Waals surface area contributed by atoms with E-state index in [1.165, 1.54) is 11.1 Å². The van der Waals surface area contributed by atoms with Gasteiger partial charge in [0.15, 0.2) is 0 Å². The van der Waals surface area contributed by atoms with Gasteiger partial charge in [-0.2, -0.15) is 0 Å². The highest BCUT2D eigenvalue weighted by Gasteiger charge is 2.44. The van der Waals surface area contributed by atoms with Gasteiger partial charge in [-0.3, -0.25) is 9.98 Å². The van der Waals surface area contributed by atoms with Gasteiger partial charge in [0, 0.05) is 23.6 Å². The van der Waals surface area contributed by atoms with E-state index < -0.39 is 0 Å². The molecule has 3 heterocycles. The normalized spacial score (nSPS) is 32.5. The topological polar surface area (TPSA) is 24.7 Å². The van der Waals surface area contributed by atoms with E-state index in [2.05, 4.69) is 39.7 Å². The summed E-state index contributed by atoms with van der Waals surface area (Å²) in [6.07, 6.45) is 14.3. The van der Waals surface area contributed by atoms with E-state index in [4.69, 9.17) is 0 Å². The molecule has 2 nitrogen and oxygen atoms in total. The molecule has 3 heteroatoms. The number of thioether (sulfide) groups is 1. The maximum atomic E-state index is 4.53. The molecule has 1 spiro atoms. The molecule has 3 aliphatic heterocycles. The molecule has 0 aromatic carbocycles. The molecular weight excluding hydrogens is 216 g/mol. The maximum Gasteiger partial charge on any atom is 0.108 e. The van der Waals surface area contributed by atoms with Gasteiger partial charge in [0.1, 0.15) is 4.75 Å². The van der Waals surface area contributed by atoms with Crippen LogP contribution in [0.3, 0.4) is 0 Å². The Kier molecular flexibility index (Phi) is 1.46. The van der Waals surface area contributed by atoms with Crippen LogP contribution in [0, 0.1) is 0 Å². The number of hydrogen-bond acceptors (Lipinski definition) is 3. The molecule has 1 aliphatic carbocycles. The zero-order chi connectivity index (χ0) is 10.6. The van der Waals surface area contributed by atoms with Gasteiger partial charge in [-0.15, -0.1) is 11.8 Å². The Hall–Kier alpha value is -1.61. The zero-order valence-corrected chi connectivity index (χ0v) is 9.24. The third kappa shape index (κ3) is 0.854. The van der Waals surface area contributed by atoms with Crippen molar-refractivity contribution in [3.8, 4) is 0 Å². The van der Waals surface area contributed by atoms with Crippen LogP contribution in [0.15, 0.2) is 68.8 Å². The number of aliphatic imine (C=N–C) groups is 2. The minimum Gasteiger partial charge on any atom is -0.259 e. The molecule has 0 bridgehead atoms. The van der Waals surface area contributed by atoms with Crippen LogP contribution in [-0.2, 0) is 0 Å². The minimum atomic E-state index is -0.126. The molecule has 4 rings (SSSR count). The molecule has 0 fully saturated rings. The zero-order valence-electron chi connectivity index (χ0n) is 8.42. The Labute approximate surface area is 97.6 Å². The standard InChI is InChI=1S/C13H8N2S/c1-2-10-12-9(8-15-10)3-6-14-11-4-7-16-13(11,12)5-1/h1-8H. The lowest BCUT2D eigenvalue weighted by Crippen LogP contribution is -2.32. The first-order valence-electron chi connectivity index (χ1n) is 5.18. The average Bonchev–Trinajstić information content (AvgIpc) is 2.83. The summed E-state index contributed by atoms with van der Waals surface area (Å²) in [6, 6.07) is 0. The van der Waals surface area contributed by atoms with Crippen molar-refractivity contribution in [1.82, 2.24) is 0 Å². The Bertz CT molecular complexity index is 599. The molecule has 1 unspecified atom stereocenters. The third-order valence-corrected chi connectivity index (χ3v) is 4.37. The van der Waals surface area contributed by atoms with Crippen molar-refractivity contribution in [2.45, 2.75) is 4.75 Å². The van der Waals surface area contributed by atoms with Gasteiger partial charge in [-0.1, -0.05) is 12.2 Å². The Morgan fingerprint density at radius 1 is 1.25 bits per heavy atom. The second-order valence-electron chi connectivity index (χ2n) is 3.99. The van der Waals surface area contributed by atoms with Gasteiger partial charge in [-0.05, 0) is 23.6 Å². The highest BCUT2D eigenvalue weighted by atomic mass is 32.2. The van der Waals surface area contributed by atoms with Crippen LogP contribution in [0.25, 0.3) is 0 Å². The van der Waals surface area contributed by atoms with Gasteiger partial charge in [0.2, 0.25) is 0 Å². The van der Waals surface area contributed by atoms with Crippen LogP contribution in [0.2, 0.25) is 0 Å². The van der Waals surface area contributed by atoms with Crippen molar-refractivity contribution in [1.29, 1.82) is 0 Å². The number of allylic oxidation sites excluding steroid dienone is 6. The van der Waals surface area contributed by atoms with Crippen molar-refractivity contribution in [2.75, 3.05) is 0 Å². The summed E-state index contributed by atoms with van der Waals surface area (Å²) in [7, 11) is 0. The van der Waals surface area contributed by atoms with Crippen molar-refractivity contribution in [3.05, 3.63) is 58.8 Å². The molecule has 0 saturated heterocycles. The predicted molar refractivity (Wildman–Crippen MR) is 68.8 cm³/mol. The largest absolute Gasteiger partial charge is 0.259 e. The highest BCUT2D eigenvalue weighted by Crippen LogP contribution is 2.50. The molecule has 0 N–H and O–H groups in total. The van der Waals surface area contributed by atoms with E-state index in [1.54, 1.807) is 11.8 Å². The number of hydrogen-bond donors (Lipinski definition) is 0. The van der Waals surface area contributed by atoms with Crippen LogP contribution in [0.4, 0.5) is 0 Å². The van der Waals surface area contributed by atoms with E-state index in [9.17, 15) is 0 Å². The van der Waals surface area contributed by atoms with E-state index >= 15 is 0 Å². The van der Waals surface area contributed by atoms with Crippen molar-refractivity contribution < 1.29 is 0 Å². The van der Waals surface area contributed by atoms with E-state index in [1.807, 2.05) is 18.5 Å². The second kappa shape index (κ2) is 2.74. The summed E-state index contributed by atoms with van der Waals surface area (Å²) in [5.74, 6) is 0.